The van der Waals surface area contributed by atoms with E-state index in [1.165, 1.54) is 12.3 Å². The normalized spacial score (nSPS) is 19.9. The molecule has 0 bridgehead atoms. The Balaban J connectivity index is 1.65. The summed E-state index contributed by atoms with van der Waals surface area (Å²) in [5.41, 5.74) is 0.751. The van der Waals surface area contributed by atoms with Crippen LogP contribution in [0, 0.1) is 11.7 Å². The molecule has 1 heterocycles. The van der Waals surface area contributed by atoms with E-state index in [4.69, 9.17) is 11.6 Å². The number of hydrogen-bond acceptors (Lipinski definition) is 4. The fourth-order valence-electron chi connectivity index (χ4n) is 3.91. The highest BCUT2D eigenvalue weighted by molar-refractivity contribution is 6.17. The van der Waals surface area contributed by atoms with Gasteiger partial charge in [0.15, 0.2) is 0 Å². The summed E-state index contributed by atoms with van der Waals surface area (Å²) in [5.74, 6) is 0.193. The molecule has 0 atom stereocenters. The number of hydrogen-bond donors (Lipinski definition) is 3. The maximum Gasteiger partial charge on any atom is 0.253 e. The summed E-state index contributed by atoms with van der Waals surface area (Å²) >= 11 is 5.65. The molecule has 0 radical (unpaired) electrons. The number of carbonyl (C=O) groups is 1. The number of amides is 1. The lowest BCUT2D eigenvalue weighted by molar-refractivity contribution is -0.00257. The minimum atomic E-state index is -0.682. The summed E-state index contributed by atoms with van der Waals surface area (Å²) in [4.78, 5) is 17.0. The van der Waals surface area contributed by atoms with Gasteiger partial charge < -0.3 is 15.7 Å². The lowest BCUT2D eigenvalue weighted by atomic mass is 9.77. The number of carbonyl (C=O) groups excluding carboxylic acids is 1. The van der Waals surface area contributed by atoms with Gasteiger partial charge in [0, 0.05) is 30.0 Å². The average molecular weight is 422 g/mol. The molecule has 1 fully saturated rings. The van der Waals surface area contributed by atoms with Crippen LogP contribution in [0.2, 0.25) is 0 Å². The fourth-order valence-corrected chi connectivity index (χ4v) is 4.04. The molecule has 0 aliphatic heterocycles. The van der Waals surface area contributed by atoms with Crippen LogP contribution < -0.4 is 10.6 Å². The van der Waals surface area contributed by atoms with Gasteiger partial charge >= 0.3 is 0 Å². The van der Waals surface area contributed by atoms with E-state index in [0.29, 0.717) is 34.6 Å². The van der Waals surface area contributed by atoms with Gasteiger partial charge in [0.05, 0.1) is 22.4 Å². The first-order valence-corrected chi connectivity index (χ1v) is 10.7. The van der Waals surface area contributed by atoms with Crippen molar-refractivity contribution in [3.8, 4) is 0 Å². The van der Waals surface area contributed by atoms with Crippen LogP contribution in [0.5, 0.6) is 0 Å². The summed E-state index contributed by atoms with van der Waals surface area (Å²) in [7, 11) is 0. The Bertz CT molecular complexity index is 861. The number of rotatable bonds is 7. The molecule has 1 aliphatic carbocycles. The summed E-state index contributed by atoms with van der Waals surface area (Å²) < 4.78 is 14.3. The van der Waals surface area contributed by atoms with Gasteiger partial charge in [0.1, 0.15) is 5.82 Å². The highest BCUT2D eigenvalue weighted by Crippen LogP contribution is 2.32. The maximum atomic E-state index is 14.3. The molecule has 1 amide bonds. The predicted octanol–water partition coefficient (Wildman–Crippen LogP) is 4.47. The second-order valence-electron chi connectivity index (χ2n) is 8.39. The molecule has 3 rings (SSSR count). The number of aliphatic hydroxyl groups is 1. The number of anilines is 1. The number of halogens is 2. The molecule has 0 unspecified atom stereocenters. The van der Waals surface area contributed by atoms with E-state index in [9.17, 15) is 14.3 Å². The van der Waals surface area contributed by atoms with Crippen molar-refractivity contribution in [2.75, 3.05) is 17.7 Å². The molecule has 7 heteroatoms. The first-order valence-electron chi connectivity index (χ1n) is 10.2. The Morgan fingerprint density at radius 1 is 1.28 bits per heavy atom. The summed E-state index contributed by atoms with van der Waals surface area (Å²) in [6.07, 6.45) is 5.72. The van der Waals surface area contributed by atoms with Crippen LogP contribution in [0.4, 0.5) is 10.1 Å². The molecule has 29 heavy (non-hydrogen) atoms. The van der Waals surface area contributed by atoms with Crippen LogP contribution in [-0.2, 0) is 0 Å². The minimum Gasteiger partial charge on any atom is -0.390 e. The molecule has 1 aliphatic rings. The largest absolute Gasteiger partial charge is 0.390 e. The van der Waals surface area contributed by atoms with Crippen LogP contribution in [0.25, 0.3) is 10.9 Å². The van der Waals surface area contributed by atoms with Crippen LogP contribution >= 0.6 is 11.6 Å². The SMILES string of the molecule is CC(C)(O)C1CCC(NC(=O)c2cnc3cc(NCCCCl)c(F)cc3c2)CC1. The Morgan fingerprint density at radius 3 is 2.66 bits per heavy atom. The molecule has 1 aromatic heterocycles. The van der Waals surface area contributed by atoms with Crippen molar-refractivity contribution in [3.05, 3.63) is 35.8 Å². The van der Waals surface area contributed by atoms with Gasteiger partial charge in [0.2, 0.25) is 0 Å². The van der Waals surface area contributed by atoms with Crippen LogP contribution in [0.1, 0.15) is 56.3 Å². The molecule has 0 saturated heterocycles. The van der Waals surface area contributed by atoms with E-state index in [2.05, 4.69) is 15.6 Å². The van der Waals surface area contributed by atoms with Crippen molar-refractivity contribution in [2.24, 2.45) is 5.92 Å². The number of benzene rings is 1. The maximum absolute atomic E-state index is 14.3. The topological polar surface area (TPSA) is 74.2 Å². The Labute approximate surface area is 176 Å². The zero-order chi connectivity index (χ0) is 21.0. The highest BCUT2D eigenvalue weighted by Gasteiger charge is 2.31. The third-order valence-corrected chi connectivity index (χ3v) is 5.99. The van der Waals surface area contributed by atoms with E-state index < -0.39 is 5.60 Å². The van der Waals surface area contributed by atoms with Crippen molar-refractivity contribution in [1.29, 1.82) is 0 Å². The zero-order valence-corrected chi connectivity index (χ0v) is 17.7. The quantitative estimate of drug-likeness (QED) is 0.455. The monoisotopic (exact) mass is 421 g/mol. The summed E-state index contributed by atoms with van der Waals surface area (Å²) in [5, 5.41) is 16.8. The lowest BCUT2D eigenvalue weighted by Crippen LogP contribution is -2.41. The Morgan fingerprint density at radius 2 is 2.00 bits per heavy atom. The molecule has 1 aromatic carbocycles. The van der Waals surface area contributed by atoms with Gasteiger partial charge in [-0.05, 0) is 70.1 Å². The standard InChI is InChI=1S/C22H29ClFN3O2/c1-22(2,29)16-4-6-17(7-5-16)27-21(28)15-10-14-11-18(24)20(25-9-3-8-23)12-19(14)26-13-15/h10-13,16-17,25,29H,3-9H2,1-2H3,(H,27,28). The van der Waals surface area contributed by atoms with Crippen LogP contribution in [0.3, 0.4) is 0 Å². The Hall–Kier alpha value is -1.92. The number of aromatic nitrogens is 1. The minimum absolute atomic E-state index is 0.0852. The lowest BCUT2D eigenvalue weighted by Gasteiger charge is -2.36. The smallest absolute Gasteiger partial charge is 0.253 e. The average Bonchev–Trinajstić information content (AvgIpc) is 2.68. The number of nitrogens with one attached hydrogen (secondary N) is 2. The number of pyridine rings is 1. The second kappa shape index (κ2) is 9.26. The highest BCUT2D eigenvalue weighted by atomic mass is 35.5. The zero-order valence-electron chi connectivity index (χ0n) is 17.0. The predicted molar refractivity (Wildman–Crippen MR) is 115 cm³/mol. The van der Waals surface area contributed by atoms with Gasteiger partial charge in [-0.15, -0.1) is 11.6 Å². The van der Waals surface area contributed by atoms with E-state index in [1.807, 2.05) is 13.8 Å². The molecule has 1 saturated carbocycles. The van der Waals surface area contributed by atoms with Crippen LogP contribution in [0.15, 0.2) is 24.4 Å². The first kappa shape index (κ1) is 21.8. The van der Waals surface area contributed by atoms with Crippen molar-refractivity contribution in [2.45, 2.75) is 57.6 Å². The van der Waals surface area contributed by atoms with Gasteiger partial charge in [-0.3, -0.25) is 9.78 Å². The van der Waals surface area contributed by atoms with Gasteiger partial charge in [-0.25, -0.2) is 4.39 Å². The van der Waals surface area contributed by atoms with E-state index >= 15 is 0 Å². The van der Waals surface area contributed by atoms with Crippen molar-refractivity contribution in [3.63, 3.8) is 0 Å². The molecular formula is C22H29ClFN3O2. The van der Waals surface area contributed by atoms with Crippen molar-refractivity contribution >= 4 is 34.1 Å². The second-order valence-corrected chi connectivity index (χ2v) is 8.77. The van der Waals surface area contributed by atoms with Gasteiger partial charge in [-0.1, -0.05) is 0 Å². The number of alkyl halides is 1. The number of nitrogens with zero attached hydrogens (tertiary/aromatic N) is 1. The molecule has 3 N–H and O–H groups in total. The first-order chi connectivity index (χ1) is 13.8. The summed E-state index contributed by atoms with van der Waals surface area (Å²) in [6, 6.07) is 4.81. The Kier molecular flexibility index (Phi) is 6.96. The van der Waals surface area contributed by atoms with Crippen molar-refractivity contribution < 1.29 is 14.3 Å². The third-order valence-electron chi connectivity index (χ3n) is 5.72. The van der Waals surface area contributed by atoms with Gasteiger partial charge in [0.25, 0.3) is 5.91 Å². The fraction of sp³-hybridized carbons (Fsp3) is 0.545. The third kappa shape index (κ3) is 5.58. The molecular weight excluding hydrogens is 393 g/mol. The number of fused-ring (bicyclic) bond motifs is 1. The molecule has 5 nitrogen and oxygen atoms in total. The van der Waals surface area contributed by atoms with E-state index in [0.717, 1.165) is 32.1 Å². The molecule has 158 valence electrons. The van der Waals surface area contributed by atoms with Gasteiger partial charge in [-0.2, -0.15) is 0 Å². The van der Waals surface area contributed by atoms with Crippen molar-refractivity contribution in [1.82, 2.24) is 10.3 Å². The van der Waals surface area contributed by atoms with Crippen LogP contribution in [-0.4, -0.2) is 40.1 Å². The van der Waals surface area contributed by atoms with E-state index in [1.54, 1.807) is 12.1 Å². The summed E-state index contributed by atoms with van der Waals surface area (Å²) in [6.45, 7) is 4.27. The van der Waals surface area contributed by atoms with E-state index in [-0.39, 0.29) is 23.7 Å². The molecule has 2 aromatic rings. The molecule has 0 spiro atoms.